The van der Waals surface area contributed by atoms with Crippen LogP contribution in [-0.2, 0) is 0 Å². The molecule has 2 rings (SSSR count). The van der Waals surface area contributed by atoms with Gasteiger partial charge in [0.25, 0.3) is 0 Å². The predicted molar refractivity (Wildman–Crippen MR) is 67.6 cm³/mol. The summed E-state index contributed by atoms with van der Waals surface area (Å²) in [5, 5.41) is 0. The van der Waals surface area contributed by atoms with Crippen molar-refractivity contribution in [3.63, 3.8) is 0 Å². The second-order valence-corrected chi connectivity index (χ2v) is 4.59. The summed E-state index contributed by atoms with van der Waals surface area (Å²) < 4.78 is 1.31. The molecule has 0 aliphatic heterocycles. The Balaban J connectivity index is 2.57. The van der Waals surface area contributed by atoms with Gasteiger partial charge in [-0.15, -0.1) is 0 Å². The maximum Gasteiger partial charge on any atom is 0.195 e. The van der Waals surface area contributed by atoms with Crippen LogP contribution in [0.4, 0.5) is 0 Å². The standard InChI is InChI=1S/C10H9BrN4S/c1-5-3-12-8(13-4-5)9-14-6(2)7(11)10(16)15-9/h3-4H,1-2H3,(H,14,15,16). The maximum absolute atomic E-state index is 5.12. The summed E-state index contributed by atoms with van der Waals surface area (Å²) >= 11 is 8.48. The third-order valence-corrected chi connectivity index (χ3v) is 3.56. The molecule has 0 saturated heterocycles. The minimum Gasteiger partial charge on any atom is -0.340 e. The van der Waals surface area contributed by atoms with Crippen molar-refractivity contribution in [1.29, 1.82) is 0 Å². The number of rotatable bonds is 1. The van der Waals surface area contributed by atoms with E-state index in [1.807, 2.05) is 13.8 Å². The number of halogens is 1. The molecule has 0 aliphatic carbocycles. The van der Waals surface area contributed by atoms with Crippen molar-refractivity contribution in [2.75, 3.05) is 0 Å². The Morgan fingerprint density at radius 1 is 1.25 bits per heavy atom. The van der Waals surface area contributed by atoms with Crippen molar-refractivity contribution < 1.29 is 0 Å². The molecule has 0 saturated carbocycles. The largest absolute Gasteiger partial charge is 0.340 e. The lowest BCUT2D eigenvalue weighted by molar-refractivity contribution is 1.02. The molecule has 2 aromatic heterocycles. The van der Waals surface area contributed by atoms with Crippen molar-refractivity contribution in [3.8, 4) is 11.6 Å². The quantitative estimate of drug-likeness (QED) is 0.822. The zero-order chi connectivity index (χ0) is 11.7. The third kappa shape index (κ3) is 2.17. The Hall–Kier alpha value is -1.14. The lowest BCUT2D eigenvalue weighted by atomic mass is 10.4. The first-order valence-electron chi connectivity index (χ1n) is 4.63. The summed E-state index contributed by atoms with van der Waals surface area (Å²) in [5.74, 6) is 1.14. The normalized spacial score (nSPS) is 10.4. The molecule has 2 aromatic rings. The molecule has 0 bridgehead atoms. The molecule has 1 N–H and O–H groups in total. The number of hydrogen-bond donors (Lipinski definition) is 1. The third-order valence-electron chi connectivity index (χ3n) is 2.03. The van der Waals surface area contributed by atoms with Gasteiger partial charge in [0.2, 0.25) is 0 Å². The number of H-pyrrole nitrogens is 1. The van der Waals surface area contributed by atoms with Crippen molar-refractivity contribution >= 4 is 28.1 Å². The highest BCUT2D eigenvalue weighted by Gasteiger charge is 2.06. The summed E-state index contributed by atoms with van der Waals surface area (Å²) in [5.41, 5.74) is 1.93. The van der Waals surface area contributed by atoms with E-state index >= 15 is 0 Å². The van der Waals surface area contributed by atoms with Gasteiger partial charge < -0.3 is 4.98 Å². The van der Waals surface area contributed by atoms with Gasteiger partial charge in [-0.05, 0) is 35.3 Å². The molecule has 2 heterocycles. The van der Waals surface area contributed by atoms with Crippen molar-refractivity contribution in [1.82, 2.24) is 19.9 Å². The molecule has 16 heavy (non-hydrogen) atoms. The Bertz CT molecular complexity index is 576. The van der Waals surface area contributed by atoms with Crippen LogP contribution in [0.3, 0.4) is 0 Å². The molecule has 6 heteroatoms. The van der Waals surface area contributed by atoms with Crippen molar-refractivity contribution in [2.45, 2.75) is 13.8 Å². The Labute approximate surface area is 106 Å². The number of nitrogens with zero attached hydrogens (tertiary/aromatic N) is 3. The van der Waals surface area contributed by atoms with Crippen molar-refractivity contribution in [3.05, 3.63) is 32.8 Å². The van der Waals surface area contributed by atoms with E-state index in [4.69, 9.17) is 12.2 Å². The van der Waals surface area contributed by atoms with Gasteiger partial charge in [0, 0.05) is 18.1 Å². The van der Waals surface area contributed by atoms with Crippen molar-refractivity contribution in [2.24, 2.45) is 0 Å². The van der Waals surface area contributed by atoms with Crippen LogP contribution >= 0.6 is 28.1 Å². The van der Waals surface area contributed by atoms with Crippen LogP contribution in [0, 0.1) is 18.5 Å². The van der Waals surface area contributed by atoms with Crippen LogP contribution in [-0.4, -0.2) is 19.9 Å². The van der Waals surface area contributed by atoms with E-state index < -0.39 is 0 Å². The van der Waals surface area contributed by atoms with E-state index in [1.165, 1.54) is 0 Å². The SMILES string of the molecule is Cc1cnc(-c2nc(=S)c(Br)c(C)[nH]2)nc1. The fourth-order valence-electron chi connectivity index (χ4n) is 1.19. The Morgan fingerprint density at radius 2 is 1.88 bits per heavy atom. The predicted octanol–water partition coefficient (Wildman–Crippen LogP) is 2.98. The highest BCUT2D eigenvalue weighted by molar-refractivity contribution is 9.10. The Kier molecular flexibility index (Phi) is 3.11. The number of aromatic nitrogens is 4. The molecule has 0 amide bonds. The topological polar surface area (TPSA) is 54.5 Å². The van der Waals surface area contributed by atoms with Gasteiger partial charge in [-0.2, -0.15) is 0 Å². The van der Waals surface area contributed by atoms with Gasteiger partial charge in [-0.1, -0.05) is 12.2 Å². The molecule has 4 nitrogen and oxygen atoms in total. The fraction of sp³-hybridized carbons (Fsp3) is 0.200. The average molecular weight is 297 g/mol. The zero-order valence-electron chi connectivity index (χ0n) is 8.78. The number of hydrogen-bond acceptors (Lipinski definition) is 4. The molecular formula is C10H9BrN4S. The minimum absolute atomic E-state index is 0.510. The molecule has 0 aromatic carbocycles. The lowest BCUT2D eigenvalue weighted by Gasteiger charge is -2.03. The second-order valence-electron chi connectivity index (χ2n) is 3.41. The highest BCUT2D eigenvalue weighted by atomic mass is 79.9. The first-order chi connectivity index (χ1) is 7.58. The summed E-state index contributed by atoms with van der Waals surface area (Å²) in [6, 6.07) is 0. The zero-order valence-corrected chi connectivity index (χ0v) is 11.2. The highest BCUT2D eigenvalue weighted by Crippen LogP contribution is 2.17. The molecular weight excluding hydrogens is 288 g/mol. The fourth-order valence-corrected chi connectivity index (χ4v) is 1.62. The summed E-state index contributed by atoms with van der Waals surface area (Å²) in [6.07, 6.45) is 3.50. The smallest absolute Gasteiger partial charge is 0.195 e. The number of aromatic amines is 1. The van der Waals surface area contributed by atoms with Crippen LogP contribution in [0.2, 0.25) is 0 Å². The van der Waals surface area contributed by atoms with Gasteiger partial charge in [0.1, 0.15) is 4.64 Å². The van der Waals surface area contributed by atoms with Crippen LogP contribution in [0.25, 0.3) is 11.6 Å². The summed E-state index contributed by atoms with van der Waals surface area (Å²) in [4.78, 5) is 15.7. The van der Waals surface area contributed by atoms with Crippen LogP contribution in [0.5, 0.6) is 0 Å². The van der Waals surface area contributed by atoms with Crippen LogP contribution < -0.4 is 0 Å². The first-order valence-corrected chi connectivity index (χ1v) is 5.83. The van der Waals surface area contributed by atoms with E-state index in [9.17, 15) is 0 Å². The summed E-state index contributed by atoms with van der Waals surface area (Å²) in [7, 11) is 0. The lowest BCUT2D eigenvalue weighted by Crippen LogP contribution is -1.98. The monoisotopic (exact) mass is 296 g/mol. The van der Waals surface area contributed by atoms with Gasteiger partial charge in [0.05, 0.1) is 4.47 Å². The molecule has 0 unspecified atom stereocenters. The molecule has 0 radical (unpaired) electrons. The molecule has 0 fully saturated rings. The van der Waals surface area contributed by atoms with Gasteiger partial charge in [-0.25, -0.2) is 15.0 Å². The van der Waals surface area contributed by atoms with Gasteiger partial charge in [-0.3, -0.25) is 0 Å². The number of nitrogens with one attached hydrogen (secondary N) is 1. The van der Waals surface area contributed by atoms with Gasteiger partial charge in [0.15, 0.2) is 11.6 Å². The van der Waals surface area contributed by atoms with E-state index in [0.717, 1.165) is 15.7 Å². The van der Waals surface area contributed by atoms with E-state index in [0.29, 0.717) is 16.3 Å². The van der Waals surface area contributed by atoms with Gasteiger partial charge >= 0.3 is 0 Å². The number of aryl methyl sites for hydroxylation is 2. The average Bonchev–Trinajstić information content (AvgIpc) is 2.26. The molecule has 0 atom stereocenters. The Morgan fingerprint density at radius 3 is 2.44 bits per heavy atom. The molecule has 0 spiro atoms. The van der Waals surface area contributed by atoms with Crippen LogP contribution in [0.1, 0.15) is 11.3 Å². The second kappa shape index (κ2) is 4.39. The molecule has 82 valence electrons. The van der Waals surface area contributed by atoms with E-state index in [2.05, 4.69) is 35.9 Å². The van der Waals surface area contributed by atoms with Crippen LogP contribution in [0.15, 0.2) is 16.9 Å². The van der Waals surface area contributed by atoms with E-state index in [1.54, 1.807) is 12.4 Å². The summed E-state index contributed by atoms with van der Waals surface area (Å²) in [6.45, 7) is 3.85. The first kappa shape index (κ1) is 11.3. The molecule has 0 aliphatic rings. The van der Waals surface area contributed by atoms with E-state index in [-0.39, 0.29) is 0 Å². The maximum atomic E-state index is 5.12. The minimum atomic E-state index is 0.510.